The molecule has 0 spiro atoms. The molecule has 0 N–H and O–H groups in total. The minimum absolute atomic E-state index is 0.0213. The van der Waals surface area contributed by atoms with E-state index in [2.05, 4.69) is 0 Å². The molecule has 1 amide bonds. The molecule has 4 rings (SSSR count). The van der Waals surface area contributed by atoms with E-state index in [1.807, 2.05) is 62.4 Å². The average molecular weight is 463 g/mol. The van der Waals surface area contributed by atoms with Crippen molar-refractivity contribution in [3.8, 4) is 0 Å². The summed E-state index contributed by atoms with van der Waals surface area (Å²) < 4.78 is 34.7. The molecule has 7 heteroatoms. The highest BCUT2D eigenvalue weighted by molar-refractivity contribution is 7.93. The van der Waals surface area contributed by atoms with E-state index in [1.165, 1.54) is 12.0 Å². The molecule has 3 aromatic rings. The number of aryl methyl sites for hydroxylation is 2. The molecule has 0 aromatic heterocycles. The van der Waals surface area contributed by atoms with Crippen molar-refractivity contribution in [1.82, 2.24) is 4.90 Å². The summed E-state index contributed by atoms with van der Waals surface area (Å²) in [5.74, 6) is -0.218. The van der Waals surface area contributed by atoms with Crippen LogP contribution in [-0.4, -0.2) is 33.4 Å². The summed E-state index contributed by atoms with van der Waals surface area (Å²) in [7, 11) is -0.962. The van der Waals surface area contributed by atoms with Crippen LogP contribution in [0.1, 0.15) is 22.3 Å². The Bertz CT molecular complexity index is 1330. The summed E-state index contributed by atoms with van der Waals surface area (Å²) in [6, 6.07) is 21.7. The Kier molecular flexibility index (Phi) is 5.99. The lowest BCUT2D eigenvalue weighted by atomic mass is 10.1. The van der Waals surface area contributed by atoms with Gasteiger partial charge in [-0.25, -0.2) is 12.7 Å². The fraction of sp³-hybridized carbons (Fsp3) is 0.192. The van der Waals surface area contributed by atoms with E-state index in [9.17, 15) is 13.2 Å². The molecule has 1 heterocycles. The first-order valence-corrected chi connectivity index (χ1v) is 12.0. The van der Waals surface area contributed by atoms with Crippen LogP contribution in [0.3, 0.4) is 0 Å². The van der Waals surface area contributed by atoms with Crippen molar-refractivity contribution < 1.29 is 17.9 Å². The number of ether oxygens (including phenoxy) is 1. The maximum Gasteiger partial charge on any atom is 0.275 e. The smallest absolute Gasteiger partial charge is 0.275 e. The van der Waals surface area contributed by atoms with Crippen molar-refractivity contribution in [3.63, 3.8) is 0 Å². The first-order valence-electron chi connectivity index (χ1n) is 10.6. The number of fused-ring (bicyclic) bond motifs is 1. The Morgan fingerprint density at radius 1 is 0.909 bits per heavy atom. The first-order chi connectivity index (χ1) is 15.8. The van der Waals surface area contributed by atoms with Gasteiger partial charge in [-0.15, -0.1) is 0 Å². The van der Waals surface area contributed by atoms with Gasteiger partial charge in [-0.1, -0.05) is 60.7 Å². The zero-order valence-electron chi connectivity index (χ0n) is 19.1. The number of hydrogen-bond donors (Lipinski definition) is 0. The van der Waals surface area contributed by atoms with Crippen LogP contribution in [0.15, 0.2) is 83.4 Å². The summed E-state index contributed by atoms with van der Waals surface area (Å²) >= 11 is 0. The molecule has 0 unspecified atom stereocenters. The summed E-state index contributed by atoms with van der Waals surface area (Å²) in [4.78, 5) is 15.5. The number of nitrogens with zero attached hydrogens (tertiary/aromatic N) is 2. The lowest BCUT2D eigenvalue weighted by Gasteiger charge is -2.35. The number of sulfonamides is 1. The Hall–Kier alpha value is -3.58. The second-order valence-electron chi connectivity index (χ2n) is 8.03. The fourth-order valence-corrected chi connectivity index (χ4v) is 5.99. The summed E-state index contributed by atoms with van der Waals surface area (Å²) in [5, 5.41) is 0. The quantitative estimate of drug-likeness (QED) is 0.561. The van der Waals surface area contributed by atoms with Gasteiger partial charge in [0.05, 0.1) is 17.7 Å². The normalized spacial score (nSPS) is 14.6. The third-order valence-electron chi connectivity index (χ3n) is 5.73. The first kappa shape index (κ1) is 22.6. The van der Waals surface area contributed by atoms with Crippen LogP contribution in [0.4, 0.5) is 5.69 Å². The number of carbonyl (C=O) groups is 1. The number of anilines is 1. The van der Waals surface area contributed by atoms with E-state index in [0.29, 0.717) is 17.8 Å². The third-order valence-corrected chi connectivity index (χ3v) is 7.48. The molecule has 1 aliphatic rings. The summed E-state index contributed by atoms with van der Waals surface area (Å²) in [5.41, 5.74) is 3.23. The van der Waals surface area contributed by atoms with Gasteiger partial charge in [0.2, 0.25) is 0 Å². The number of hydrogen-bond acceptors (Lipinski definition) is 4. The fourth-order valence-electron chi connectivity index (χ4n) is 4.18. The molecular formula is C26H26N2O4S. The Labute approximate surface area is 194 Å². The van der Waals surface area contributed by atoms with Crippen LogP contribution in [0.5, 0.6) is 0 Å². The van der Waals surface area contributed by atoms with Gasteiger partial charge in [0.1, 0.15) is 0 Å². The van der Waals surface area contributed by atoms with Crippen molar-refractivity contribution in [2.75, 3.05) is 18.5 Å². The minimum atomic E-state index is -4.08. The highest BCUT2D eigenvalue weighted by Gasteiger charge is 2.43. The van der Waals surface area contributed by atoms with Crippen molar-refractivity contribution >= 4 is 27.4 Å². The lowest BCUT2D eigenvalue weighted by Crippen LogP contribution is -2.43. The molecule has 0 aliphatic carbocycles. The monoisotopic (exact) mass is 462 g/mol. The van der Waals surface area contributed by atoms with E-state index >= 15 is 0 Å². The van der Waals surface area contributed by atoms with E-state index in [-0.39, 0.29) is 16.4 Å². The second-order valence-corrected chi connectivity index (χ2v) is 9.79. The molecule has 0 fully saturated rings. The second kappa shape index (κ2) is 8.75. The lowest BCUT2D eigenvalue weighted by molar-refractivity contribution is -0.126. The molecular weight excluding hydrogens is 436 g/mol. The van der Waals surface area contributed by atoms with Crippen molar-refractivity contribution in [1.29, 1.82) is 0 Å². The largest absolute Gasteiger partial charge is 0.494 e. The maximum absolute atomic E-state index is 13.9. The number of rotatable bonds is 5. The van der Waals surface area contributed by atoms with E-state index in [0.717, 1.165) is 21.0 Å². The SMILES string of the molecule is COC1=C(C(=O)N(C)Cc2ccccc2)N(c2c(C)cccc2C)S(=O)(=O)c2ccccc21. The van der Waals surface area contributed by atoms with Crippen LogP contribution in [0.25, 0.3) is 5.76 Å². The van der Waals surface area contributed by atoms with E-state index in [1.54, 1.807) is 31.3 Å². The van der Waals surface area contributed by atoms with Crippen LogP contribution in [0, 0.1) is 13.8 Å². The summed E-state index contributed by atoms with van der Waals surface area (Å²) in [6.07, 6.45) is 0. The molecule has 0 bridgehead atoms. The molecule has 3 aromatic carbocycles. The van der Waals surface area contributed by atoms with E-state index in [4.69, 9.17) is 4.74 Å². The number of para-hydroxylation sites is 1. The van der Waals surface area contributed by atoms with E-state index < -0.39 is 15.9 Å². The van der Waals surface area contributed by atoms with Crippen molar-refractivity contribution in [3.05, 3.63) is 101 Å². The molecule has 33 heavy (non-hydrogen) atoms. The molecule has 0 atom stereocenters. The third kappa shape index (κ3) is 3.89. The van der Waals surface area contributed by atoms with Gasteiger partial charge >= 0.3 is 0 Å². The zero-order chi connectivity index (χ0) is 23.8. The molecule has 0 saturated heterocycles. The standard InChI is InChI=1S/C26H26N2O4S/c1-18-11-10-12-19(2)23(18)28-24(26(29)27(3)17-20-13-6-5-7-14-20)25(32-4)21-15-8-9-16-22(21)33(28,30)31/h5-16H,17H2,1-4H3. The molecule has 1 aliphatic heterocycles. The highest BCUT2D eigenvalue weighted by Crippen LogP contribution is 2.42. The van der Waals surface area contributed by atoms with Gasteiger partial charge in [0, 0.05) is 19.2 Å². The maximum atomic E-state index is 13.9. The van der Waals surface area contributed by atoms with Gasteiger partial charge in [-0.2, -0.15) is 0 Å². The van der Waals surface area contributed by atoms with Gasteiger partial charge in [0.15, 0.2) is 11.5 Å². The topological polar surface area (TPSA) is 66.9 Å². The zero-order valence-corrected chi connectivity index (χ0v) is 19.9. The van der Waals surface area contributed by atoms with Crippen LogP contribution >= 0.6 is 0 Å². The van der Waals surface area contributed by atoms with Crippen molar-refractivity contribution in [2.24, 2.45) is 0 Å². The Morgan fingerprint density at radius 2 is 1.52 bits per heavy atom. The number of benzene rings is 3. The number of methoxy groups -OCH3 is 1. The van der Waals surface area contributed by atoms with Crippen LogP contribution in [0.2, 0.25) is 0 Å². The van der Waals surface area contributed by atoms with Gasteiger partial charge in [-0.3, -0.25) is 4.79 Å². The van der Waals surface area contributed by atoms with Crippen molar-refractivity contribution in [2.45, 2.75) is 25.3 Å². The van der Waals surface area contributed by atoms with Gasteiger partial charge in [0.25, 0.3) is 15.9 Å². The Balaban J connectivity index is 1.96. The molecule has 0 radical (unpaired) electrons. The molecule has 0 saturated carbocycles. The number of carbonyl (C=O) groups excluding carboxylic acids is 1. The van der Waals surface area contributed by atoms with Crippen LogP contribution < -0.4 is 4.31 Å². The Morgan fingerprint density at radius 3 is 2.15 bits per heavy atom. The minimum Gasteiger partial charge on any atom is -0.494 e. The summed E-state index contributed by atoms with van der Waals surface area (Å²) in [6.45, 7) is 3.99. The molecule has 6 nitrogen and oxygen atoms in total. The highest BCUT2D eigenvalue weighted by atomic mass is 32.2. The van der Waals surface area contributed by atoms with Gasteiger partial charge < -0.3 is 9.64 Å². The predicted molar refractivity (Wildman–Crippen MR) is 129 cm³/mol. The van der Waals surface area contributed by atoms with Gasteiger partial charge in [-0.05, 0) is 42.7 Å². The molecule has 170 valence electrons. The number of likely N-dealkylation sites (N-methyl/N-ethyl adjacent to an activating group) is 1. The van der Waals surface area contributed by atoms with Crippen LogP contribution in [-0.2, 0) is 26.1 Å². The number of amides is 1. The predicted octanol–water partition coefficient (Wildman–Crippen LogP) is 4.49. The average Bonchev–Trinajstić information content (AvgIpc) is 2.80.